The Morgan fingerprint density at radius 2 is 1.07 bits per heavy atom. The monoisotopic (exact) mass is 412 g/mol. The van der Waals surface area contributed by atoms with E-state index < -0.39 is 17.9 Å². The van der Waals surface area contributed by atoms with Gasteiger partial charge < -0.3 is 0 Å². The molecular formula is C25H36F4. The quantitative estimate of drug-likeness (QED) is 0.313. The Labute approximate surface area is 173 Å². The van der Waals surface area contributed by atoms with E-state index in [1.54, 1.807) is 0 Å². The van der Waals surface area contributed by atoms with Gasteiger partial charge in [-0.05, 0) is 107 Å². The molecule has 0 unspecified atom stereocenters. The van der Waals surface area contributed by atoms with Crippen molar-refractivity contribution in [1.82, 2.24) is 0 Å². The fourth-order valence-electron chi connectivity index (χ4n) is 5.84. The Morgan fingerprint density at radius 3 is 1.52 bits per heavy atom. The summed E-state index contributed by atoms with van der Waals surface area (Å²) in [5, 5.41) is 0. The SMILES string of the molecule is C=CC1CCC(C=CC2CCC(C3CCC(C(F)=CC(F)(F)F)CC3)CC2)CC1. The second-order valence-corrected chi connectivity index (χ2v) is 9.65. The standard InChI is InChI=1S/C25H36F4/c1-2-18-3-5-19(6-4-18)7-8-20-9-11-21(12-10-20)22-13-15-23(16-14-22)24(26)17-25(27,28)29/h2,7-8,17-23H,1,3-6,9-16H2. The Morgan fingerprint density at radius 1 is 0.655 bits per heavy atom. The summed E-state index contributed by atoms with van der Waals surface area (Å²) in [5.74, 6) is 1.89. The summed E-state index contributed by atoms with van der Waals surface area (Å²) in [6.45, 7) is 3.92. The molecule has 3 saturated carbocycles. The van der Waals surface area contributed by atoms with E-state index in [2.05, 4.69) is 24.8 Å². The molecule has 3 aliphatic rings. The van der Waals surface area contributed by atoms with Crippen molar-refractivity contribution in [2.45, 2.75) is 83.2 Å². The minimum Gasteiger partial charge on any atom is -0.212 e. The predicted molar refractivity (Wildman–Crippen MR) is 111 cm³/mol. The number of hydrogen-bond donors (Lipinski definition) is 0. The molecule has 3 aliphatic carbocycles. The number of hydrogen-bond acceptors (Lipinski definition) is 0. The van der Waals surface area contributed by atoms with Crippen LogP contribution in [0.15, 0.2) is 36.7 Å². The largest absolute Gasteiger partial charge is 0.412 e. The molecule has 0 N–H and O–H groups in total. The van der Waals surface area contributed by atoms with E-state index in [-0.39, 0.29) is 6.08 Å². The summed E-state index contributed by atoms with van der Waals surface area (Å²) < 4.78 is 50.9. The first-order valence-corrected chi connectivity index (χ1v) is 11.6. The first-order chi connectivity index (χ1) is 13.8. The van der Waals surface area contributed by atoms with Gasteiger partial charge in [-0.2, -0.15) is 13.2 Å². The van der Waals surface area contributed by atoms with Crippen LogP contribution < -0.4 is 0 Å². The lowest BCUT2D eigenvalue weighted by Gasteiger charge is -2.37. The molecule has 0 aromatic rings. The summed E-state index contributed by atoms with van der Waals surface area (Å²) in [5.41, 5.74) is 0. The molecule has 164 valence electrons. The molecule has 3 rings (SSSR count). The van der Waals surface area contributed by atoms with Crippen molar-refractivity contribution in [1.29, 1.82) is 0 Å². The molecule has 0 heterocycles. The molecule has 4 heteroatoms. The zero-order valence-electron chi connectivity index (χ0n) is 17.5. The van der Waals surface area contributed by atoms with Gasteiger partial charge in [0.1, 0.15) is 5.83 Å². The molecule has 0 radical (unpaired) electrons. The molecule has 29 heavy (non-hydrogen) atoms. The van der Waals surface area contributed by atoms with Crippen LogP contribution in [0.5, 0.6) is 0 Å². The summed E-state index contributed by atoms with van der Waals surface area (Å²) >= 11 is 0. The van der Waals surface area contributed by atoms with Gasteiger partial charge in [0, 0.05) is 5.92 Å². The third kappa shape index (κ3) is 7.00. The van der Waals surface area contributed by atoms with E-state index in [0.29, 0.717) is 36.5 Å². The second kappa shape index (κ2) is 10.3. The van der Waals surface area contributed by atoms with Gasteiger partial charge in [-0.15, -0.1) is 6.58 Å². The van der Waals surface area contributed by atoms with Crippen molar-refractivity contribution in [3.63, 3.8) is 0 Å². The van der Waals surface area contributed by atoms with Crippen LogP contribution in [-0.2, 0) is 0 Å². The molecule has 0 spiro atoms. The summed E-state index contributed by atoms with van der Waals surface area (Å²) in [6, 6.07) is 0. The maximum Gasteiger partial charge on any atom is 0.412 e. The average molecular weight is 413 g/mol. The van der Waals surface area contributed by atoms with Crippen LogP contribution in [0.4, 0.5) is 17.6 Å². The summed E-state index contributed by atoms with van der Waals surface area (Å²) in [7, 11) is 0. The number of halogens is 4. The van der Waals surface area contributed by atoms with Crippen LogP contribution in [0, 0.1) is 35.5 Å². The zero-order valence-corrected chi connectivity index (χ0v) is 17.5. The van der Waals surface area contributed by atoms with Crippen molar-refractivity contribution in [2.75, 3.05) is 0 Å². The van der Waals surface area contributed by atoms with Crippen molar-refractivity contribution >= 4 is 0 Å². The molecule has 0 aliphatic heterocycles. The van der Waals surface area contributed by atoms with Gasteiger partial charge in [0.25, 0.3) is 0 Å². The highest BCUT2D eigenvalue weighted by molar-refractivity contribution is 5.03. The van der Waals surface area contributed by atoms with Crippen LogP contribution in [0.3, 0.4) is 0 Å². The minimum absolute atomic E-state index is 0.139. The zero-order chi connectivity index (χ0) is 20.9. The molecular weight excluding hydrogens is 376 g/mol. The van der Waals surface area contributed by atoms with Crippen molar-refractivity contribution in [2.24, 2.45) is 35.5 Å². The Hall–Kier alpha value is -1.06. The third-order valence-corrected chi connectivity index (χ3v) is 7.75. The molecule has 0 amide bonds. The highest BCUT2D eigenvalue weighted by atomic mass is 19.4. The summed E-state index contributed by atoms with van der Waals surface area (Å²) in [6.07, 6.45) is 15.2. The van der Waals surface area contributed by atoms with Gasteiger partial charge in [-0.25, -0.2) is 4.39 Å². The minimum atomic E-state index is -4.54. The van der Waals surface area contributed by atoms with E-state index in [1.165, 1.54) is 51.4 Å². The van der Waals surface area contributed by atoms with Gasteiger partial charge >= 0.3 is 6.18 Å². The van der Waals surface area contributed by atoms with Gasteiger partial charge in [0.2, 0.25) is 0 Å². The normalized spacial score (nSPS) is 37.6. The van der Waals surface area contributed by atoms with Gasteiger partial charge in [0.15, 0.2) is 0 Å². The topological polar surface area (TPSA) is 0 Å². The highest BCUT2D eigenvalue weighted by Crippen LogP contribution is 2.44. The Kier molecular flexibility index (Phi) is 8.04. The molecule has 0 aromatic heterocycles. The second-order valence-electron chi connectivity index (χ2n) is 9.65. The predicted octanol–water partition coefficient (Wildman–Crippen LogP) is 8.56. The first-order valence-electron chi connectivity index (χ1n) is 11.6. The first kappa shape index (κ1) is 22.6. The van der Waals surface area contributed by atoms with Crippen molar-refractivity contribution in [3.8, 4) is 0 Å². The molecule has 0 bridgehead atoms. The van der Waals surface area contributed by atoms with Crippen LogP contribution in [0.2, 0.25) is 0 Å². The lowest BCUT2D eigenvalue weighted by molar-refractivity contribution is -0.0821. The van der Waals surface area contributed by atoms with E-state index >= 15 is 0 Å². The summed E-state index contributed by atoms with van der Waals surface area (Å²) in [4.78, 5) is 0. The highest BCUT2D eigenvalue weighted by Gasteiger charge is 2.33. The van der Waals surface area contributed by atoms with E-state index in [9.17, 15) is 17.6 Å². The van der Waals surface area contributed by atoms with Gasteiger partial charge in [-0.1, -0.05) is 18.2 Å². The fraction of sp³-hybridized carbons (Fsp3) is 0.760. The molecule has 0 aromatic carbocycles. The fourth-order valence-corrected chi connectivity index (χ4v) is 5.84. The molecule has 3 fully saturated rings. The van der Waals surface area contributed by atoms with Crippen molar-refractivity contribution < 1.29 is 17.6 Å². The van der Waals surface area contributed by atoms with E-state index in [4.69, 9.17) is 0 Å². The maximum absolute atomic E-state index is 13.8. The Balaban J connectivity index is 1.38. The van der Waals surface area contributed by atoms with Gasteiger partial charge in [0.05, 0.1) is 6.08 Å². The van der Waals surface area contributed by atoms with Crippen molar-refractivity contribution in [3.05, 3.63) is 36.7 Å². The van der Waals surface area contributed by atoms with E-state index in [1.807, 2.05) is 0 Å². The van der Waals surface area contributed by atoms with Gasteiger partial charge in [-0.3, -0.25) is 0 Å². The third-order valence-electron chi connectivity index (χ3n) is 7.75. The number of rotatable bonds is 5. The maximum atomic E-state index is 13.8. The van der Waals surface area contributed by atoms with Crippen LogP contribution in [0.1, 0.15) is 77.0 Å². The lowest BCUT2D eigenvalue weighted by Crippen LogP contribution is -2.26. The smallest absolute Gasteiger partial charge is 0.212 e. The van der Waals surface area contributed by atoms with Crippen LogP contribution in [0.25, 0.3) is 0 Å². The lowest BCUT2D eigenvalue weighted by atomic mass is 9.69. The van der Waals surface area contributed by atoms with Crippen LogP contribution in [-0.4, -0.2) is 6.18 Å². The number of allylic oxidation sites excluding steroid dienone is 5. The van der Waals surface area contributed by atoms with E-state index in [0.717, 1.165) is 18.8 Å². The molecule has 0 saturated heterocycles. The average Bonchev–Trinajstić information content (AvgIpc) is 2.72. The Bertz CT molecular complexity index is 564. The number of alkyl halides is 3. The molecule has 0 nitrogen and oxygen atoms in total. The van der Waals surface area contributed by atoms with Crippen LogP contribution >= 0.6 is 0 Å². The molecule has 0 atom stereocenters.